The summed E-state index contributed by atoms with van der Waals surface area (Å²) in [6, 6.07) is 6.99. The standard InChI is InChI=1S/C24H29F2NO7S/c1-31-20-12-17(13-21(32-2)22(20)33-3)15-27-9-7-24(23(27)28,8-10-34-35(4,29)30)14-16-5-6-18(25)19(26)11-16/h5-6,11-13H,7-10,14-15H2,1-4H3. The average Bonchev–Trinajstić information content (AvgIpc) is 3.09. The second-order valence-electron chi connectivity index (χ2n) is 8.49. The third-order valence-corrected chi connectivity index (χ3v) is 6.70. The number of amides is 1. The van der Waals surface area contributed by atoms with Gasteiger partial charge in [0.15, 0.2) is 23.1 Å². The van der Waals surface area contributed by atoms with Crippen LogP contribution in [0.1, 0.15) is 24.0 Å². The van der Waals surface area contributed by atoms with Gasteiger partial charge in [-0.25, -0.2) is 8.78 Å². The first kappa shape index (κ1) is 26.7. The Hall–Kier alpha value is -2.92. The zero-order valence-corrected chi connectivity index (χ0v) is 20.9. The minimum Gasteiger partial charge on any atom is -0.493 e. The molecule has 0 aliphatic carbocycles. The van der Waals surface area contributed by atoms with Crippen LogP contribution in [-0.4, -0.2) is 60.0 Å². The van der Waals surface area contributed by atoms with Gasteiger partial charge in [-0.1, -0.05) is 6.07 Å². The van der Waals surface area contributed by atoms with Crippen molar-refractivity contribution < 1.29 is 40.4 Å². The molecule has 1 atom stereocenters. The molecule has 0 aromatic heterocycles. The molecule has 3 rings (SSSR count). The van der Waals surface area contributed by atoms with E-state index in [1.165, 1.54) is 27.4 Å². The fraction of sp³-hybridized carbons (Fsp3) is 0.458. The van der Waals surface area contributed by atoms with Crippen molar-refractivity contribution in [3.8, 4) is 17.2 Å². The molecule has 1 aliphatic rings. The van der Waals surface area contributed by atoms with Gasteiger partial charge in [0, 0.05) is 13.1 Å². The van der Waals surface area contributed by atoms with E-state index in [-0.39, 0.29) is 31.9 Å². The SMILES string of the molecule is COc1cc(CN2CCC(CCOS(C)(=O)=O)(Cc3ccc(F)c(F)c3)C2=O)cc(OC)c1OC. The van der Waals surface area contributed by atoms with Gasteiger partial charge in [-0.05, 0) is 54.7 Å². The quantitative estimate of drug-likeness (QED) is 0.426. The number of ether oxygens (including phenoxy) is 3. The molecule has 1 aliphatic heterocycles. The zero-order chi connectivity index (χ0) is 25.8. The van der Waals surface area contributed by atoms with Gasteiger partial charge in [0.25, 0.3) is 10.1 Å². The van der Waals surface area contributed by atoms with Crippen LogP contribution in [0.2, 0.25) is 0 Å². The van der Waals surface area contributed by atoms with Crippen LogP contribution >= 0.6 is 0 Å². The lowest BCUT2D eigenvalue weighted by Gasteiger charge is -2.28. The average molecular weight is 514 g/mol. The molecule has 2 aromatic carbocycles. The van der Waals surface area contributed by atoms with Crippen LogP contribution in [0.5, 0.6) is 17.2 Å². The van der Waals surface area contributed by atoms with Gasteiger partial charge in [0.1, 0.15) is 0 Å². The number of benzene rings is 2. The molecule has 11 heteroatoms. The molecule has 1 saturated heterocycles. The lowest BCUT2D eigenvalue weighted by atomic mass is 9.77. The molecule has 0 N–H and O–H groups in total. The minimum absolute atomic E-state index is 0.101. The highest BCUT2D eigenvalue weighted by molar-refractivity contribution is 7.85. The maximum absolute atomic E-state index is 13.8. The summed E-state index contributed by atoms with van der Waals surface area (Å²) in [5.74, 6) is -0.897. The summed E-state index contributed by atoms with van der Waals surface area (Å²) in [7, 11) is 0.785. The highest BCUT2D eigenvalue weighted by Gasteiger charge is 2.46. The summed E-state index contributed by atoms with van der Waals surface area (Å²) in [5.41, 5.74) is 0.144. The summed E-state index contributed by atoms with van der Waals surface area (Å²) in [6.07, 6.45) is 1.54. The monoisotopic (exact) mass is 513 g/mol. The molecule has 0 radical (unpaired) electrons. The zero-order valence-electron chi connectivity index (χ0n) is 20.1. The van der Waals surface area contributed by atoms with Crippen molar-refractivity contribution in [2.75, 3.05) is 40.7 Å². The second-order valence-corrected chi connectivity index (χ2v) is 10.1. The van der Waals surface area contributed by atoms with E-state index in [2.05, 4.69) is 0 Å². The number of nitrogens with zero attached hydrogens (tertiary/aromatic N) is 1. The Balaban J connectivity index is 1.88. The molecule has 2 aromatic rings. The molecule has 1 fully saturated rings. The van der Waals surface area contributed by atoms with Crippen LogP contribution in [-0.2, 0) is 32.1 Å². The van der Waals surface area contributed by atoms with Gasteiger partial charge in [0.05, 0.1) is 39.6 Å². The third kappa shape index (κ3) is 6.21. The first-order chi connectivity index (χ1) is 16.5. The summed E-state index contributed by atoms with van der Waals surface area (Å²) < 4.78 is 71.2. The molecule has 0 spiro atoms. The number of rotatable bonds is 11. The molecule has 192 valence electrons. The Kier molecular flexibility index (Phi) is 8.22. The van der Waals surface area contributed by atoms with Crippen molar-refractivity contribution in [2.24, 2.45) is 5.41 Å². The van der Waals surface area contributed by atoms with E-state index in [0.29, 0.717) is 35.8 Å². The van der Waals surface area contributed by atoms with Crippen LogP contribution in [0.4, 0.5) is 8.78 Å². The lowest BCUT2D eigenvalue weighted by Crippen LogP contribution is -2.37. The summed E-state index contributed by atoms with van der Waals surface area (Å²) in [5, 5.41) is 0. The van der Waals surface area contributed by atoms with Crippen molar-refractivity contribution in [2.45, 2.75) is 25.8 Å². The fourth-order valence-electron chi connectivity index (χ4n) is 4.40. The predicted octanol–water partition coefficient (Wildman–Crippen LogP) is 3.32. The van der Waals surface area contributed by atoms with Gasteiger partial charge in [-0.2, -0.15) is 8.42 Å². The van der Waals surface area contributed by atoms with E-state index in [0.717, 1.165) is 24.0 Å². The number of methoxy groups -OCH3 is 3. The van der Waals surface area contributed by atoms with E-state index in [1.807, 2.05) is 0 Å². The van der Waals surface area contributed by atoms with Gasteiger partial charge in [-0.3, -0.25) is 8.98 Å². The Morgan fingerprint density at radius 2 is 1.63 bits per heavy atom. The van der Waals surface area contributed by atoms with Gasteiger partial charge in [-0.15, -0.1) is 0 Å². The van der Waals surface area contributed by atoms with E-state index in [9.17, 15) is 22.0 Å². The highest BCUT2D eigenvalue weighted by atomic mass is 32.2. The smallest absolute Gasteiger partial charge is 0.264 e. The van der Waals surface area contributed by atoms with Crippen molar-refractivity contribution in [3.63, 3.8) is 0 Å². The first-order valence-electron chi connectivity index (χ1n) is 10.9. The van der Waals surface area contributed by atoms with Crippen molar-refractivity contribution in [1.29, 1.82) is 0 Å². The van der Waals surface area contributed by atoms with E-state index in [1.54, 1.807) is 17.0 Å². The maximum atomic E-state index is 13.8. The van der Waals surface area contributed by atoms with Crippen molar-refractivity contribution >= 4 is 16.0 Å². The molecule has 0 saturated carbocycles. The highest BCUT2D eigenvalue weighted by Crippen LogP contribution is 2.42. The Morgan fingerprint density at radius 3 is 2.17 bits per heavy atom. The van der Waals surface area contributed by atoms with E-state index < -0.39 is 27.2 Å². The summed E-state index contributed by atoms with van der Waals surface area (Å²) >= 11 is 0. The third-order valence-electron chi connectivity index (χ3n) is 6.10. The number of hydrogen-bond donors (Lipinski definition) is 0. The summed E-state index contributed by atoms with van der Waals surface area (Å²) in [4.78, 5) is 15.3. The van der Waals surface area contributed by atoms with E-state index >= 15 is 0 Å². The van der Waals surface area contributed by atoms with Gasteiger partial charge >= 0.3 is 0 Å². The maximum Gasteiger partial charge on any atom is 0.264 e. The van der Waals surface area contributed by atoms with Crippen LogP contribution in [0.15, 0.2) is 30.3 Å². The fourth-order valence-corrected chi connectivity index (χ4v) is 4.79. The van der Waals surface area contributed by atoms with Crippen LogP contribution in [0, 0.1) is 17.0 Å². The lowest BCUT2D eigenvalue weighted by molar-refractivity contribution is -0.137. The molecular weight excluding hydrogens is 484 g/mol. The molecular formula is C24H29F2NO7S. The largest absolute Gasteiger partial charge is 0.493 e. The Labute approximate surface area is 203 Å². The van der Waals surface area contributed by atoms with Crippen molar-refractivity contribution in [3.05, 3.63) is 53.1 Å². The van der Waals surface area contributed by atoms with Gasteiger partial charge < -0.3 is 19.1 Å². The van der Waals surface area contributed by atoms with Crippen LogP contribution < -0.4 is 14.2 Å². The predicted molar refractivity (Wildman–Crippen MR) is 124 cm³/mol. The van der Waals surface area contributed by atoms with E-state index in [4.69, 9.17) is 18.4 Å². The number of likely N-dealkylation sites (tertiary alicyclic amines) is 1. The Morgan fingerprint density at radius 1 is 0.971 bits per heavy atom. The number of hydrogen-bond acceptors (Lipinski definition) is 7. The van der Waals surface area contributed by atoms with Gasteiger partial charge in [0.2, 0.25) is 11.7 Å². The first-order valence-corrected chi connectivity index (χ1v) is 12.7. The number of carbonyl (C=O) groups is 1. The molecule has 1 heterocycles. The number of carbonyl (C=O) groups excluding carboxylic acids is 1. The summed E-state index contributed by atoms with van der Waals surface area (Å²) in [6.45, 7) is 0.423. The van der Waals surface area contributed by atoms with Crippen molar-refractivity contribution in [1.82, 2.24) is 4.90 Å². The molecule has 1 amide bonds. The molecule has 8 nitrogen and oxygen atoms in total. The minimum atomic E-state index is -3.70. The normalized spacial score (nSPS) is 18.1. The molecule has 0 bridgehead atoms. The second kappa shape index (κ2) is 10.8. The molecule has 35 heavy (non-hydrogen) atoms. The van der Waals surface area contributed by atoms with Crippen LogP contribution in [0.25, 0.3) is 0 Å². The molecule has 1 unspecified atom stereocenters. The topological polar surface area (TPSA) is 91.4 Å². The number of halogens is 2. The Bertz CT molecular complexity index is 1160. The van der Waals surface area contributed by atoms with Crippen LogP contribution in [0.3, 0.4) is 0 Å².